The number of carbonyl (C=O) groups is 1. The predicted octanol–water partition coefficient (Wildman–Crippen LogP) is 2.96. The zero-order valence-electron chi connectivity index (χ0n) is 14.2. The summed E-state index contributed by atoms with van der Waals surface area (Å²) in [5.74, 6) is 1.48. The number of amides is 2. The molecular weight excluding hydrogens is 302 g/mol. The van der Waals surface area contributed by atoms with Crippen molar-refractivity contribution >= 4 is 6.03 Å². The Labute approximate surface area is 143 Å². The lowest BCUT2D eigenvalue weighted by molar-refractivity contribution is -0.00204. The number of nitrogens with zero attached hydrogens (tertiary/aromatic N) is 2. The number of likely N-dealkylation sites (tertiary alicyclic amines) is 1. The van der Waals surface area contributed by atoms with Crippen LogP contribution in [0.25, 0.3) is 0 Å². The van der Waals surface area contributed by atoms with E-state index in [0.29, 0.717) is 19.2 Å². The van der Waals surface area contributed by atoms with Gasteiger partial charge in [-0.2, -0.15) is 0 Å². The standard InChI is InChI=1S/C19H27N3O2/c23-19(21-18(14-6-7-14)15-8-9-15)22-11-3-5-17(12-22)24-13-16-4-1-2-10-20-16/h1-2,4,10,14-15,17-18H,3,5-9,11-13H2,(H,21,23)/t17-/m0/s1. The van der Waals surface area contributed by atoms with Crippen molar-refractivity contribution in [2.24, 2.45) is 11.8 Å². The van der Waals surface area contributed by atoms with E-state index in [-0.39, 0.29) is 12.1 Å². The molecule has 4 rings (SSSR count). The highest BCUT2D eigenvalue weighted by Crippen LogP contribution is 2.44. The van der Waals surface area contributed by atoms with Crippen molar-refractivity contribution in [2.45, 2.75) is 57.3 Å². The summed E-state index contributed by atoms with van der Waals surface area (Å²) in [7, 11) is 0. The zero-order chi connectivity index (χ0) is 16.4. The molecule has 1 atom stereocenters. The molecule has 2 aliphatic carbocycles. The number of ether oxygens (including phenoxy) is 1. The second kappa shape index (κ2) is 7.09. The quantitative estimate of drug-likeness (QED) is 0.873. The number of piperidine rings is 1. The van der Waals surface area contributed by atoms with E-state index in [1.807, 2.05) is 23.1 Å². The number of aromatic nitrogens is 1. The highest BCUT2D eigenvalue weighted by Gasteiger charge is 2.42. The Balaban J connectivity index is 1.27. The van der Waals surface area contributed by atoms with Gasteiger partial charge in [-0.25, -0.2) is 4.79 Å². The fraction of sp³-hybridized carbons (Fsp3) is 0.684. The minimum absolute atomic E-state index is 0.116. The fourth-order valence-electron chi connectivity index (χ4n) is 3.71. The van der Waals surface area contributed by atoms with Gasteiger partial charge in [0.2, 0.25) is 0 Å². The summed E-state index contributed by atoms with van der Waals surface area (Å²) in [4.78, 5) is 18.9. The Kier molecular flexibility index (Phi) is 4.69. The molecule has 1 N–H and O–H groups in total. The number of hydrogen-bond acceptors (Lipinski definition) is 3. The molecule has 0 radical (unpaired) electrons. The first-order valence-corrected chi connectivity index (χ1v) is 9.36. The van der Waals surface area contributed by atoms with Crippen LogP contribution in [0.15, 0.2) is 24.4 Å². The minimum Gasteiger partial charge on any atom is -0.370 e. The highest BCUT2D eigenvalue weighted by molar-refractivity contribution is 5.74. The maximum atomic E-state index is 12.6. The lowest BCUT2D eigenvalue weighted by Crippen LogP contribution is -2.51. The van der Waals surface area contributed by atoms with Crippen LogP contribution >= 0.6 is 0 Å². The lowest BCUT2D eigenvalue weighted by atomic mass is 10.1. The van der Waals surface area contributed by atoms with Gasteiger partial charge >= 0.3 is 6.03 Å². The van der Waals surface area contributed by atoms with E-state index in [9.17, 15) is 4.79 Å². The van der Waals surface area contributed by atoms with Gasteiger partial charge in [0.05, 0.1) is 18.4 Å². The summed E-state index contributed by atoms with van der Waals surface area (Å²) in [6.07, 6.45) is 9.09. The average Bonchev–Trinajstić information content (AvgIpc) is 3.52. The largest absolute Gasteiger partial charge is 0.370 e. The number of pyridine rings is 1. The summed E-state index contributed by atoms with van der Waals surface area (Å²) < 4.78 is 5.99. The van der Waals surface area contributed by atoms with Crippen molar-refractivity contribution in [3.05, 3.63) is 30.1 Å². The van der Waals surface area contributed by atoms with E-state index in [4.69, 9.17) is 4.74 Å². The van der Waals surface area contributed by atoms with Crippen LogP contribution in [-0.2, 0) is 11.3 Å². The van der Waals surface area contributed by atoms with Crippen molar-refractivity contribution in [1.82, 2.24) is 15.2 Å². The molecular formula is C19H27N3O2. The zero-order valence-corrected chi connectivity index (χ0v) is 14.2. The average molecular weight is 329 g/mol. The molecule has 3 aliphatic rings. The number of carbonyl (C=O) groups excluding carboxylic acids is 1. The van der Waals surface area contributed by atoms with E-state index >= 15 is 0 Å². The van der Waals surface area contributed by atoms with Gasteiger partial charge in [0, 0.05) is 25.3 Å². The first kappa shape index (κ1) is 15.9. The van der Waals surface area contributed by atoms with Gasteiger partial charge in [0.25, 0.3) is 0 Å². The SMILES string of the molecule is O=C(NC(C1CC1)C1CC1)N1CCC[C@H](OCc2ccccn2)C1. The summed E-state index contributed by atoms with van der Waals surface area (Å²) in [5.41, 5.74) is 0.946. The third-order valence-corrected chi connectivity index (χ3v) is 5.41. The Hall–Kier alpha value is -1.62. The number of urea groups is 1. The molecule has 1 aliphatic heterocycles. The van der Waals surface area contributed by atoms with Gasteiger partial charge in [-0.1, -0.05) is 6.07 Å². The Morgan fingerprint density at radius 3 is 2.71 bits per heavy atom. The molecule has 1 saturated heterocycles. The highest BCUT2D eigenvalue weighted by atomic mass is 16.5. The molecule has 2 heterocycles. The van der Waals surface area contributed by atoms with E-state index < -0.39 is 0 Å². The molecule has 1 aromatic heterocycles. The van der Waals surface area contributed by atoms with Gasteiger partial charge in [0.1, 0.15) is 0 Å². The molecule has 0 unspecified atom stereocenters. The van der Waals surface area contributed by atoms with Crippen LogP contribution in [0.1, 0.15) is 44.2 Å². The Morgan fingerprint density at radius 2 is 2.04 bits per heavy atom. The number of nitrogens with one attached hydrogen (secondary N) is 1. The van der Waals surface area contributed by atoms with Crippen molar-refractivity contribution < 1.29 is 9.53 Å². The number of hydrogen-bond donors (Lipinski definition) is 1. The molecule has 0 bridgehead atoms. The summed E-state index contributed by atoms with van der Waals surface area (Å²) in [6.45, 7) is 2.06. The summed E-state index contributed by atoms with van der Waals surface area (Å²) in [6, 6.07) is 6.40. The van der Waals surface area contributed by atoms with E-state index in [2.05, 4.69) is 10.3 Å². The fourth-order valence-corrected chi connectivity index (χ4v) is 3.71. The maximum Gasteiger partial charge on any atom is 0.317 e. The Morgan fingerprint density at radius 1 is 1.25 bits per heavy atom. The molecule has 2 saturated carbocycles. The van der Waals surface area contributed by atoms with Gasteiger partial charge in [-0.15, -0.1) is 0 Å². The molecule has 0 spiro atoms. The van der Waals surface area contributed by atoms with Gasteiger partial charge in [-0.05, 0) is 62.5 Å². The molecule has 2 amide bonds. The van der Waals surface area contributed by atoms with Crippen LogP contribution in [0.3, 0.4) is 0 Å². The molecule has 1 aromatic rings. The first-order valence-electron chi connectivity index (χ1n) is 9.36. The third-order valence-electron chi connectivity index (χ3n) is 5.41. The number of rotatable bonds is 6. The summed E-state index contributed by atoms with van der Waals surface area (Å²) >= 11 is 0. The van der Waals surface area contributed by atoms with Crippen LogP contribution in [-0.4, -0.2) is 41.2 Å². The smallest absolute Gasteiger partial charge is 0.317 e. The predicted molar refractivity (Wildman–Crippen MR) is 91.4 cm³/mol. The third kappa shape index (κ3) is 4.07. The summed E-state index contributed by atoms with van der Waals surface area (Å²) in [5, 5.41) is 3.32. The van der Waals surface area contributed by atoms with Crippen LogP contribution in [0.5, 0.6) is 0 Å². The van der Waals surface area contributed by atoms with E-state index in [1.165, 1.54) is 25.7 Å². The molecule has 130 valence electrons. The van der Waals surface area contributed by atoms with E-state index in [1.54, 1.807) is 6.20 Å². The van der Waals surface area contributed by atoms with Crippen molar-refractivity contribution in [3.63, 3.8) is 0 Å². The van der Waals surface area contributed by atoms with Crippen LogP contribution in [0.2, 0.25) is 0 Å². The van der Waals surface area contributed by atoms with Crippen molar-refractivity contribution in [1.29, 1.82) is 0 Å². The second-order valence-corrected chi connectivity index (χ2v) is 7.49. The monoisotopic (exact) mass is 329 g/mol. The molecule has 5 nitrogen and oxygen atoms in total. The van der Waals surface area contributed by atoms with Gasteiger partial charge in [0.15, 0.2) is 0 Å². The van der Waals surface area contributed by atoms with Gasteiger partial charge in [-0.3, -0.25) is 4.98 Å². The van der Waals surface area contributed by atoms with Crippen LogP contribution in [0.4, 0.5) is 4.79 Å². The Bertz CT molecular complexity index is 545. The van der Waals surface area contributed by atoms with Crippen LogP contribution < -0.4 is 5.32 Å². The normalized spacial score (nSPS) is 24.2. The lowest BCUT2D eigenvalue weighted by Gasteiger charge is -2.34. The topological polar surface area (TPSA) is 54.5 Å². The minimum atomic E-state index is 0.116. The molecule has 3 fully saturated rings. The first-order chi connectivity index (χ1) is 11.8. The maximum absolute atomic E-state index is 12.6. The van der Waals surface area contributed by atoms with Crippen LogP contribution in [0, 0.1) is 11.8 Å². The molecule has 24 heavy (non-hydrogen) atoms. The van der Waals surface area contributed by atoms with E-state index in [0.717, 1.165) is 36.9 Å². The van der Waals surface area contributed by atoms with Crippen molar-refractivity contribution in [2.75, 3.05) is 13.1 Å². The van der Waals surface area contributed by atoms with Gasteiger partial charge < -0.3 is 15.0 Å². The molecule has 5 heteroatoms. The second-order valence-electron chi connectivity index (χ2n) is 7.49. The molecule has 0 aromatic carbocycles. The van der Waals surface area contributed by atoms with Crippen molar-refractivity contribution in [3.8, 4) is 0 Å².